The van der Waals surface area contributed by atoms with Crippen LogP contribution in [0.3, 0.4) is 0 Å². The van der Waals surface area contributed by atoms with E-state index in [-0.39, 0.29) is 5.91 Å². The number of piperazine rings is 1. The molecule has 1 heterocycles. The fourth-order valence-corrected chi connectivity index (χ4v) is 2.94. The van der Waals surface area contributed by atoms with Crippen LogP contribution >= 0.6 is 0 Å². The Balaban J connectivity index is 1.75. The van der Waals surface area contributed by atoms with Crippen LogP contribution in [0, 0.1) is 0 Å². The summed E-state index contributed by atoms with van der Waals surface area (Å²) in [5.41, 5.74) is 2.66. The lowest BCUT2D eigenvalue weighted by molar-refractivity contribution is 0.102. The lowest BCUT2D eigenvalue weighted by Crippen LogP contribution is -2.46. The van der Waals surface area contributed by atoms with E-state index >= 15 is 0 Å². The van der Waals surface area contributed by atoms with E-state index < -0.39 is 0 Å². The van der Waals surface area contributed by atoms with Gasteiger partial charge in [0.2, 0.25) is 0 Å². The summed E-state index contributed by atoms with van der Waals surface area (Å²) in [7, 11) is 0. The van der Waals surface area contributed by atoms with E-state index in [1.54, 1.807) is 0 Å². The van der Waals surface area contributed by atoms with Crippen LogP contribution in [0.1, 0.15) is 17.3 Å². The van der Waals surface area contributed by atoms with E-state index in [9.17, 15) is 4.79 Å². The number of hydrogen-bond donors (Lipinski definition) is 1. The van der Waals surface area contributed by atoms with Crippen molar-refractivity contribution in [3.8, 4) is 0 Å². The molecule has 0 bridgehead atoms. The van der Waals surface area contributed by atoms with Gasteiger partial charge in [-0.25, -0.2) is 0 Å². The zero-order valence-corrected chi connectivity index (χ0v) is 13.5. The summed E-state index contributed by atoms with van der Waals surface area (Å²) in [5.74, 6) is -0.0646. The number of para-hydroxylation sites is 2. The molecule has 4 heteroatoms. The maximum atomic E-state index is 12.4. The standard InChI is InChI=1S/C19H23N3O/c1-2-21-12-14-22(15-13-21)18-11-7-6-10-17(18)20-19(23)16-8-4-3-5-9-16/h3-11H,2,12-15H2,1H3,(H,20,23). The third-order valence-electron chi connectivity index (χ3n) is 4.35. The second-order valence-corrected chi connectivity index (χ2v) is 5.76. The van der Waals surface area contributed by atoms with Crippen LogP contribution in [-0.2, 0) is 0 Å². The topological polar surface area (TPSA) is 35.6 Å². The minimum Gasteiger partial charge on any atom is -0.367 e. The monoisotopic (exact) mass is 309 g/mol. The number of carbonyl (C=O) groups is 1. The molecule has 0 aliphatic carbocycles. The molecule has 3 rings (SSSR count). The highest BCUT2D eigenvalue weighted by atomic mass is 16.1. The summed E-state index contributed by atoms with van der Waals surface area (Å²) in [4.78, 5) is 17.2. The Morgan fingerprint density at radius 2 is 1.61 bits per heavy atom. The molecule has 0 radical (unpaired) electrons. The second-order valence-electron chi connectivity index (χ2n) is 5.76. The van der Waals surface area contributed by atoms with Gasteiger partial charge in [0.1, 0.15) is 0 Å². The van der Waals surface area contributed by atoms with Crippen molar-refractivity contribution in [1.82, 2.24) is 4.90 Å². The molecule has 0 saturated carbocycles. The molecule has 120 valence electrons. The van der Waals surface area contributed by atoms with Crippen LogP contribution in [0.5, 0.6) is 0 Å². The number of carbonyl (C=O) groups excluding carboxylic acids is 1. The Labute approximate surface area is 137 Å². The van der Waals surface area contributed by atoms with Crippen molar-refractivity contribution in [3.05, 3.63) is 60.2 Å². The molecule has 1 amide bonds. The minimum absolute atomic E-state index is 0.0646. The van der Waals surface area contributed by atoms with Crippen molar-refractivity contribution in [2.24, 2.45) is 0 Å². The average Bonchev–Trinajstić information content (AvgIpc) is 2.63. The van der Waals surface area contributed by atoms with Crippen LogP contribution in [-0.4, -0.2) is 43.5 Å². The Kier molecular flexibility index (Phi) is 4.93. The van der Waals surface area contributed by atoms with Gasteiger partial charge in [0.15, 0.2) is 0 Å². The van der Waals surface area contributed by atoms with Gasteiger partial charge in [0.05, 0.1) is 11.4 Å². The number of anilines is 2. The zero-order chi connectivity index (χ0) is 16.1. The van der Waals surface area contributed by atoms with E-state index in [1.807, 2.05) is 48.5 Å². The quantitative estimate of drug-likeness (QED) is 0.943. The minimum atomic E-state index is -0.0646. The van der Waals surface area contributed by atoms with Crippen LogP contribution in [0.2, 0.25) is 0 Å². The molecule has 0 unspecified atom stereocenters. The Morgan fingerprint density at radius 3 is 2.30 bits per heavy atom. The van der Waals surface area contributed by atoms with E-state index in [0.717, 1.165) is 44.1 Å². The molecule has 1 fully saturated rings. The maximum Gasteiger partial charge on any atom is 0.255 e. The number of amides is 1. The van der Waals surface area contributed by atoms with Gasteiger partial charge < -0.3 is 15.1 Å². The van der Waals surface area contributed by atoms with Crippen molar-refractivity contribution in [1.29, 1.82) is 0 Å². The van der Waals surface area contributed by atoms with Gasteiger partial charge in [-0.2, -0.15) is 0 Å². The highest BCUT2D eigenvalue weighted by molar-refractivity contribution is 6.05. The number of benzene rings is 2. The Hall–Kier alpha value is -2.33. The second kappa shape index (κ2) is 7.29. The van der Waals surface area contributed by atoms with Crippen LogP contribution < -0.4 is 10.2 Å². The van der Waals surface area contributed by atoms with Gasteiger partial charge >= 0.3 is 0 Å². The van der Waals surface area contributed by atoms with E-state index in [1.165, 1.54) is 0 Å². The first-order valence-corrected chi connectivity index (χ1v) is 8.20. The molecular weight excluding hydrogens is 286 g/mol. The van der Waals surface area contributed by atoms with E-state index in [2.05, 4.69) is 28.1 Å². The smallest absolute Gasteiger partial charge is 0.255 e. The summed E-state index contributed by atoms with van der Waals surface area (Å²) < 4.78 is 0. The highest BCUT2D eigenvalue weighted by Gasteiger charge is 2.18. The largest absolute Gasteiger partial charge is 0.367 e. The lowest BCUT2D eigenvalue weighted by atomic mass is 10.2. The van der Waals surface area contributed by atoms with Gasteiger partial charge in [-0.1, -0.05) is 37.3 Å². The molecule has 0 spiro atoms. The summed E-state index contributed by atoms with van der Waals surface area (Å²) in [6, 6.07) is 17.4. The van der Waals surface area contributed by atoms with Gasteiger partial charge in [-0.05, 0) is 30.8 Å². The zero-order valence-electron chi connectivity index (χ0n) is 13.5. The van der Waals surface area contributed by atoms with Crippen LogP contribution in [0.4, 0.5) is 11.4 Å². The molecule has 1 aliphatic rings. The normalized spacial score (nSPS) is 15.4. The molecule has 23 heavy (non-hydrogen) atoms. The van der Waals surface area contributed by atoms with Gasteiger partial charge in [0.25, 0.3) is 5.91 Å². The number of hydrogen-bond acceptors (Lipinski definition) is 3. The first kappa shape index (κ1) is 15.6. The average molecular weight is 309 g/mol. The number of likely N-dealkylation sites (N-methyl/N-ethyl adjacent to an activating group) is 1. The molecule has 0 aromatic heterocycles. The van der Waals surface area contributed by atoms with E-state index in [4.69, 9.17) is 0 Å². The highest BCUT2D eigenvalue weighted by Crippen LogP contribution is 2.27. The molecule has 0 atom stereocenters. The summed E-state index contributed by atoms with van der Waals surface area (Å²) in [6.45, 7) is 7.41. The SMILES string of the molecule is CCN1CCN(c2ccccc2NC(=O)c2ccccc2)CC1. The van der Waals surface area contributed by atoms with Crippen molar-refractivity contribution in [2.45, 2.75) is 6.92 Å². The van der Waals surface area contributed by atoms with Crippen LogP contribution in [0.25, 0.3) is 0 Å². The molecule has 1 N–H and O–H groups in total. The van der Waals surface area contributed by atoms with Gasteiger partial charge in [-0.3, -0.25) is 4.79 Å². The fourth-order valence-electron chi connectivity index (χ4n) is 2.94. The first-order chi connectivity index (χ1) is 11.3. The lowest BCUT2D eigenvalue weighted by Gasteiger charge is -2.36. The Bertz CT molecular complexity index is 649. The predicted molar refractivity (Wildman–Crippen MR) is 95.2 cm³/mol. The first-order valence-electron chi connectivity index (χ1n) is 8.20. The molecule has 4 nitrogen and oxygen atoms in total. The molecule has 2 aromatic carbocycles. The van der Waals surface area contributed by atoms with Crippen molar-refractivity contribution < 1.29 is 4.79 Å². The van der Waals surface area contributed by atoms with Crippen LogP contribution in [0.15, 0.2) is 54.6 Å². The van der Waals surface area contributed by atoms with Crippen molar-refractivity contribution in [2.75, 3.05) is 42.9 Å². The maximum absolute atomic E-state index is 12.4. The molecular formula is C19H23N3O. The third kappa shape index (κ3) is 3.71. The van der Waals surface area contributed by atoms with Gasteiger partial charge in [0, 0.05) is 31.7 Å². The molecule has 2 aromatic rings. The predicted octanol–water partition coefficient (Wildman–Crippen LogP) is 3.08. The number of rotatable bonds is 4. The van der Waals surface area contributed by atoms with Gasteiger partial charge in [-0.15, -0.1) is 0 Å². The molecule has 1 aliphatic heterocycles. The van der Waals surface area contributed by atoms with E-state index in [0.29, 0.717) is 5.56 Å². The summed E-state index contributed by atoms with van der Waals surface area (Å²) in [5, 5.41) is 3.06. The van der Waals surface area contributed by atoms with Crippen molar-refractivity contribution in [3.63, 3.8) is 0 Å². The van der Waals surface area contributed by atoms with Crippen molar-refractivity contribution >= 4 is 17.3 Å². The third-order valence-corrected chi connectivity index (χ3v) is 4.35. The fraction of sp³-hybridized carbons (Fsp3) is 0.316. The number of nitrogens with zero attached hydrogens (tertiary/aromatic N) is 2. The summed E-state index contributed by atoms with van der Waals surface area (Å²) >= 11 is 0. The molecule has 1 saturated heterocycles. The Morgan fingerprint density at radius 1 is 0.957 bits per heavy atom. The number of nitrogens with one attached hydrogen (secondary N) is 1. The summed E-state index contributed by atoms with van der Waals surface area (Å²) in [6.07, 6.45) is 0.